The van der Waals surface area contributed by atoms with Crippen molar-refractivity contribution in [3.63, 3.8) is 0 Å². The molecule has 0 bridgehead atoms. The number of likely N-dealkylation sites (tertiary alicyclic amines) is 1. The second kappa shape index (κ2) is 10.7. The molecule has 1 saturated heterocycles. The number of nitrogens with one attached hydrogen (secondary N) is 1. The predicted octanol–water partition coefficient (Wildman–Crippen LogP) is 4.15. The van der Waals surface area contributed by atoms with Crippen LogP contribution in [0.1, 0.15) is 49.0 Å². The number of benzene rings is 2. The van der Waals surface area contributed by atoms with Gasteiger partial charge in [0.15, 0.2) is 5.76 Å². The molecule has 2 aliphatic heterocycles. The Morgan fingerprint density at radius 3 is 2.61 bits per heavy atom. The number of rotatable bonds is 8. The maximum Gasteiger partial charge on any atom is 0.231 e. The van der Waals surface area contributed by atoms with E-state index in [1.807, 2.05) is 50.2 Å². The molecule has 2 heterocycles. The highest BCUT2D eigenvalue weighted by molar-refractivity contribution is 6.12. The third kappa shape index (κ3) is 6.02. The van der Waals surface area contributed by atoms with Gasteiger partial charge in [0, 0.05) is 31.7 Å². The fourth-order valence-electron chi connectivity index (χ4n) is 4.31. The summed E-state index contributed by atoms with van der Waals surface area (Å²) < 4.78 is 11.6. The van der Waals surface area contributed by atoms with E-state index < -0.39 is 0 Å². The van der Waals surface area contributed by atoms with Crippen molar-refractivity contribution in [3.05, 3.63) is 71.0 Å². The minimum atomic E-state index is -0.0591. The summed E-state index contributed by atoms with van der Waals surface area (Å²) >= 11 is 0. The standard InChI is InChI=1S/C27H32N2O4/c1-19(2)27-26(31)23-10-9-22(18-24(23)33-27)32-16-6-13-29-14-11-21(12-15-29)28-25(30)17-20-7-4-3-5-8-20/h3-5,7-10,18,21H,6,11-17H2,1-2H3,(H,28,30). The predicted molar refractivity (Wildman–Crippen MR) is 128 cm³/mol. The lowest BCUT2D eigenvalue weighted by Crippen LogP contribution is -2.45. The lowest BCUT2D eigenvalue weighted by molar-refractivity contribution is -0.121. The van der Waals surface area contributed by atoms with Crippen molar-refractivity contribution in [3.8, 4) is 11.5 Å². The van der Waals surface area contributed by atoms with Crippen molar-refractivity contribution >= 4 is 11.7 Å². The van der Waals surface area contributed by atoms with Crippen LogP contribution in [0.4, 0.5) is 0 Å². The summed E-state index contributed by atoms with van der Waals surface area (Å²) in [7, 11) is 0. The van der Waals surface area contributed by atoms with Gasteiger partial charge in [-0.05, 0) is 56.4 Å². The Kier molecular flexibility index (Phi) is 7.45. The number of piperidine rings is 1. The molecule has 2 aliphatic rings. The molecule has 2 aromatic carbocycles. The van der Waals surface area contributed by atoms with Gasteiger partial charge in [-0.3, -0.25) is 9.59 Å². The molecule has 0 unspecified atom stereocenters. The molecule has 2 aromatic rings. The van der Waals surface area contributed by atoms with Crippen LogP contribution in [0.25, 0.3) is 0 Å². The van der Waals surface area contributed by atoms with Crippen LogP contribution in [0.15, 0.2) is 59.9 Å². The molecule has 1 fully saturated rings. The molecule has 1 amide bonds. The van der Waals surface area contributed by atoms with Gasteiger partial charge in [-0.15, -0.1) is 0 Å². The molecule has 6 nitrogen and oxygen atoms in total. The number of allylic oxidation sites excluding steroid dienone is 2. The van der Waals surface area contributed by atoms with Crippen LogP contribution >= 0.6 is 0 Å². The van der Waals surface area contributed by atoms with Crippen LogP contribution in [-0.4, -0.2) is 48.9 Å². The van der Waals surface area contributed by atoms with Crippen molar-refractivity contribution in [1.82, 2.24) is 10.2 Å². The molecular weight excluding hydrogens is 416 g/mol. The first-order valence-corrected chi connectivity index (χ1v) is 11.7. The minimum Gasteiger partial charge on any atom is -0.493 e. The Hall–Kier alpha value is -3.12. The third-order valence-corrected chi connectivity index (χ3v) is 6.12. The molecule has 33 heavy (non-hydrogen) atoms. The third-order valence-electron chi connectivity index (χ3n) is 6.12. The van der Waals surface area contributed by atoms with E-state index in [1.54, 1.807) is 12.1 Å². The first-order chi connectivity index (χ1) is 16.0. The molecule has 1 N–H and O–H groups in total. The van der Waals surface area contributed by atoms with E-state index in [2.05, 4.69) is 10.2 Å². The van der Waals surface area contributed by atoms with Gasteiger partial charge in [-0.25, -0.2) is 0 Å². The molecule has 0 saturated carbocycles. The summed E-state index contributed by atoms with van der Waals surface area (Å²) in [6, 6.07) is 15.5. The van der Waals surface area contributed by atoms with Gasteiger partial charge in [-0.1, -0.05) is 30.3 Å². The molecule has 0 aromatic heterocycles. The van der Waals surface area contributed by atoms with Crippen LogP contribution in [0.2, 0.25) is 0 Å². The molecule has 0 spiro atoms. The highest BCUT2D eigenvalue weighted by atomic mass is 16.5. The number of fused-ring (bicyclic) bond motifs is 1. The first-order valence-electron chi connectivity index (χ1n) is 11.7. The fraction of sp³-hybridized carbons (Fsp3) is 0.407. The van der Waals surface area contributed by atoms with Crippen molar-refractivity contribution < 1.29 is 19.1 Å². The van der Waals surface area contributed by atoms with Crippen molar-refractivity contribution in [1.29, 1.82) is 0 Å². The van der Waals surface area contributed by atoms with Crippen LogP contribution in [0, 0.1) is 0 Å². The number of ketones is 1. The Bertz CT molecular complexity index is 1020. The molecule has 0 radical (unpaired) electrons. The average Bonchev–Trinajstić information content (AvgIpc) is 3.14. The van der Waals surface area contributed by atoms with E-state index in [-0.39, 0.29) is 17.7 Å². The Labute approximate surface area is 195 Å². The topological polar surface area (TPSA) is 67.9 Å². The number of carbonyl (C=O) groups excluding carboxylic acids is 2. The van der Waals surface area contributed by atoms with Gasteiger partial charge in [0.05, 0.1) is 18.6 Å². The smallest absolute Gasteiger partial charge is 0.231 e. The molecule has 174 valence electrons. The molecule has 0 aliphatic carbocycles. The van der Waals surface area contributed by atoms with Crippen LogP contribution in [0.5, 0.6) is 11.5 Å². The molecule has 0 atom stereocenters. The summed E-state index contributed by atoms with van der Waals surface area (Å²) in [6.45, 7) is 7.28. The minimum absolute atomic E-state index is 0.0591. The largest absolute Gasteiger partial charge is 0.493 e. The van der Waals surface area contributed by atoms with Gasteiger partial charge in [-0.2, -0.15) is 0 Å². The highest BCUT2D eigenvalue weighted by Crippen LogP contribution is 2.35. The van der Waals surface area contributed by atoms with Gasteiger partial charge >= 0.3 is 0 Å². The normalized spacial score (nSPS) is 16.3. The van der Waals surface area contributed by atoms with Gasteiger partial charge < -0.3 is 19.7 Å². The highest BCUT2D eigenvalue weighted by Gasteiger charge is 2.28. The average molecular weight is 449 g/mol. The zero-order valence-corrected chi connectivity index (χ0v) is 19.4. The fourth-order valence-corrected chi connectivity index (χ4v) is 4.31. The number of hydrogen-bond donors (Lipinski definition) is 1. The number of nitrogens with zero attached hydrogens (tertiary/aromatic N) is 1. The van der Waals surface area contributed by atoms with Crippen molar-refractivity contribution in [2.75, 3.05) is 26.2 Å². The van der Waals surface area contributed by atoms with Gasteiger partial charge in [0.2, 0.25) is 11.7 Å². The maximum atomic E-state index is 12.3. The number of carbonyl (C=O) groups is 2. The van der Waals surface area contributed by atoms with E-state index in [9.17, 15) is 9.59 Å². The van der Waals surface area contributed by atoms with Crippen molar-refractivity contribution in [2.24, 2.45) is 0 Å². The quantitative estimate of drug-likeness (QED) is 0.485. The summed E-state index contributed by atoms with van der Waals surface area (Å²) in [5.74, 6) is 1.75. The van der Waals surface area contributed by atoms with E-state index in [0.29, 0.717) is 30.1 Å². The molecule has 4 rings (SSSR count). The van der Waals surface area contributed by atoms with E-state index in [0.717, 1.165) is 55.8 Å². The Balaban J connectivity index is 1.14. The number of ether oxygens (including phenoxy) is 2. The van der Waals surface area contributed by atoms with Gasteiger partial charge in [0.1, 0.15) is 11.5 Å². The van der Waals surface area contributed by atoms with Crippen molar-refractivity contribution in [2.45, 2.75) is 45.6 Å². The second-order valence-electron chi connectivity index (χ2n) is 8.97. The summed E-state index contributed by atoms with van der Waals surface area (Å²) in [4.78, 5) is 27.0. The lowest BCUT2D eigenvalue weighted by atomic mass is 10.0. The zero-order chi connectivity index (χ0) is 23.2. The van der Waals surface area contributed by atoms with Gasteiger partial charge in [0.25, 0.3) is 0 Å². The number of amides is 1. The monoisotopic (exact) mass is 448 g/mol. The first kappa shape index (κ1) is 23.1. The lowest BCUT2D eigenvalue weighted by Gasteiger charge is -2.32. The van der Waals surface area contributed by atoms with Crippen LogP contribution < -0.4 is 14.8 Å². The van der Waals surface area contributed by atoms with Crippen LogP contribution in [-0.2, 0) is 11.2 Å². The van der Waals surface area contributed by atoms with E-state index >= 15 is 0 Å². The summed E-state index contributed by atoms with van der Waals surface area (Å²) in [5.41, 5.74) is 2.52. The summed E-state index contributed by atoms with van der Waals surface area (Å²) in [5, 5.41) is 3.18. The number of hydrogen-bond acceptors (Lipinski definition) is 5. The summed E-state index contributed by atoms with van der Waals surface area (Å²) in [6.07, 6.45) is 3.31. The number of Topliss-reactive ketones (excluding diaryl/α,β-unsaturated/α-hetero) is 1. The SMILES string of the molecule is CC(C)=C1Oc2cc(OCCCN3CCC(NC(=O)Cc4ccccc4)CC3)ccc2C1=O. The van der Waals surface area contributed by atoms with Crippen LogP contribution in [0.3, 0.4) is 0 Å². The maximum absolute atomic E-state index is 12.3. The van der Waals surface area contributed by atoms with E-state index in [1.165, 1.54) is 0 Å². The Morgan fingerprint density at radius 1 is 1.12 bits per heavy atom. The Morgan fingerprint density at radius 2 is 1.88 bits per heavy atom. The second-order valence-corrected chi connectivity index (χ2v) is 8.97. The zero-order valence-electron chi connectivity index (χ0n) is 19.4. The molecule has 6 heteroatoms. The van der Waals surface area contributed by atoms with E-state index in [4.69, 9.17) is 9.47 Å². The molecular formula is C27H32N2O4.